The summed E-state index contributed by atoms with van der Waals surface area (Å²) in [6.45, 7) is 3.82. The van der Waals surface area contributed by atoms with E-state index in [1.165, 1.54) is 23.1 Å². The highest BCUT2D eigenvalue weighted by atomic mass is 32.2. The normalized spacial score (nSPS) is 12.1. The van der Waals surface area contributed by atoms with Crippen molar-refractivity contribution in [3.8, 4) is 11.4 Å². The Balaban J connectivity index is 1.67. The topological polar surface area (TPSA) is 98.5 Å². The number of hydrogen-bond acceptors (Lipinski definition) is 8. The van der Waals surface area contributed by atoms with Crippen LogP contribution in [-0.4, -0.2) is 41.1 Å². The molecule has 0 spiro atoms. The highest BCUT2D eigenvalue weighted by Crippen LogP contribution is 2.26. The fraction of sp³-hybridized carbons (Fsp3) is 0.333. The Bertz CT molecular complexity index is 862. The number of nitrogens with one attached hydrogen (secondary N) is 1. The van der Waals surface area contributed by atoms with E-state index in [2.05, 4.69) is 30.7 Å². The van der Waals surface area contributed by atoms with Gasteiger partial charge in [0, 0.05) is 25.0 Å². The molecule has 1 amide bonds. The van der Waals surface area contributed by atoms with Crippen molar-refractivity contribution < 1.29 is 4.79 Å². The number of carbonyl (C=O) groups excluding carboxylic acids is 1. The molecule has 3 heterocycles. The van der Waals surface area contributed by atoms with Gasteiger partial charge in [-0.3, -0.25) is 15.1 Å². The molecule has 0 saturated carbocycles. The van der Waals surface area contributed by atoms with Gasteiger partial charge in [-0.1, -0.05) is 30.0 Å². The van der Waals surface area contributed by atoms with Gasteiger partial charge in [0.05, 0.1) is 5.25 Å². The van der Waals surface area contributed by atoms with Crippen LogP contribution in [0.2, 0.25) is 0 Å². The largest absolute Gasteiger partial charge is 0.305 e. The van der Waals surface area contributed by atoms with E-state index in [1.807, 2.05) is 37.6 Å². The quantitative estimate of drug-likeness (QED) is 0.661. The van der Waals surface area contributed by atoms with Crippen LogP contribution in [0.4, 0.5) is 5.13 Å². The van der Waals surface area contributed by atoms with E-state index in [1.54, 1.807) is 12.4 Å². The molecule has 130 valence electrons. The number of thioether (sulfide) groups is 1. The summed E-state index contributed by atoms with van der Waals surface area (Å²) < 4.78 is 1.86. The molecule has 3 aromatic heterocycles. The Morgan fingerprint density at radius 1 is 1.28 bits per heavy atom. The zero-order chi connectivity index (χ0) is 17.8. The molecule has 0 aliphatic heterocycles. The molecular weight excluding hydrogens is 358 g/mol. The monoisotopic (exact) mass is 375 g/mol. The third kappa shape index (κ3) is 4.02. The fourth-order valence-electron chi connectivity index (χ4n) is 2.04. The summed E-state index contributed by atoms with van der Waals surface area (Å²) in [6, 6.07) is 3.74. The lowest BCUT2D eigenvalue weighted by Crippen LogP contribution is -2.22. The number of hydrogen-bond donors (Lipinski definition) is 1. The summed E-state index contributed by atoms with van der Waals surface area (Å²) in [5.74, 6) is 0.589. The molecule has 0 aromatic carbocycles. The highest BCUT2D eigenvalue weighted by molar-refractivity contribution is 8.00. The van der Waals surface area contributed by atoms with E-state index in [-0.39, 0.29) is 11.2 Å². The number of rotatable bonds is 6. The van der Waals surface area contributed by atoms with Crippen LogP contribution < -0.4 is 5.32 Å². The number of amides is 1. The predicted molar refractivity (Wildman–Crippen MR) is 97.5 cm³/mol. The smallest absolute Gasteiger partial charge is 0.239 e. The van der Waals surface area contributed by atoms with Crippen LogP contribution >= 0.6 is 23.1 Å². The van der Waals surface area contributed by atoms with Crippen molar-refractivity contribution in [1.82, 2.24) is 29.9 Å². The fourth-order valence-corrected chi connectivity index (χ4v) is 3.53. The molecule has 25 heavy (non-hydrogen) atoms. The van der Waals surface area contributed by atoms with Gasteiger partial charge >= 0.3 is 0 Å². The molecule has 10 heteroatoms. The molecule has 8 nitrogen and oxygen atoms in total. The van der Waals surface area contributed by atoms with Gasteiger partial charge in [-0.05, 0) is 25.5 Å². The molecule has 0 unspecified atom stereocenters. The maximum Gasteiger partial charge on any atom is 0.239 e. The first-order valence-electron chi connectivity index (χ1n) is 7.68. The van der Waals surface area contributed by atoms with Gasteiger partial charge in [-0.25, -0.2) is 0 Å². The van der Waals surface area contributed by atoms with Crippen LogP contribution in [0.1, 0.15) is 18.9 Å². The maximum atomic E-state index is 12.3. The average Bonchev–Trinajstić information content (AvgIpc) is 3.22. The second kappa shape index (κ2) is 7.70. The van der Waals surface area contributed by atoms with Crippen LogP contribution in [0.25, 0.3) is 11.4 Å². The van der Waals surface area contributed by atoms with Crippen molar-refractivity contribution in [2.24, 2.45) is 7.05 Å². The Morgan fingerprint density at radius 2 is 2.04 bits per heavy atom. The Hall–Kier alpha value is -2.33. The van der Waals surface area contributed by atoms with Gasteiger partial charge in [-0.2, -0.15) is 0 Å². The number of carbonyl (C=O) groups is 1. The van der Waals surface area contributed by atoms with Crippen LogP contribution in [0, 0.1) is 0 Å². The van der Waals surface area contributed by atoms with Crippen molar-refractivity contribution in [2.45, 2.75) is 30.7 Å². The third-order valence-electron chi connectivity index (χ3n) is 3.42. The van der Waals surface area contributed by atoms with Gasteiger partial charge in [-0.15, -0.1) is 20.4 Å². The molecule has 3 rings (SSSR count). The lowest BCUT2D eigenvalue weighted by molar-refractivity contribution is -0.115. The van der Waals surface area contributed by atoms with E-state index in [0.29, 0.717) is 10.3 Å². The molecule has 0 aliphatic rings. The van der Waals surface area contributed by atoms with Gasteiger partial charge < -0.3 is 4.57 Å². The standard InChI is InChI=1S/C15H17N7OS2/c1-4-11-18-20-14(25-11)17-13(23)9(2)24-15-21-19-12(22(15)3)10-5-7-16-8-6-10/h5-9H,4H2,1-3H3,(H,17,20,23)/t9-/m0/s1. The molecule has 0 aliphatic carbocycles. The molecular formula is C15H17N7OS2. The lowest BCUT2D eigenvalue weighted by Gasteiger charge is -2.09. The summed E-state index contributed by atoms with van der Waals surface area (Å²) in [5, 5.41) is 20.9. The molecule has 0 fully saturated rings. The molecule has 3 aromatic rings. The third-order valence-corrected chi connectivity index (χ3v) is 5.54. The summed E-state index contributed by atoms with van der Waals surface area (Å²) >= 11 is 2.73. The zero-order valence-electron chi connectivity index (χ0n) is 14.0. The van der Waals surface area contributed by atoms with Gasteiger partial charge in [0.25, 0.3) is 0 Å². The van der Waals surface area contributed by atoms with Crippen LogP contribution in [-0.2, 0) is 18.3 Å². The van der Waals surface area contributed by atoms with E-state index in [4.69, 9.17) is 0 Å². The van der Waals surface area contributed by atoms with Crippen molar-refractivity contribution in [2.75, 3.05) is 5.32 Å². The zero-order valence-corrected chi connectivity index (χ0v) is 15.6. The summed E-state index contributed by atoms with van der Waals surface area (Å²) in [7, 11) is 1.88. The Labute approximate surface area is 153 Å². The second-order valence-corrected chi connectivity index (χ2v) is 7.57. The first-order valence-corrected chi connectivity index (χ1v) is 9.37. The number of aromatic nitrogens is 6. The minimum Gasteiger partial charge on any atom is -0.305 e. The molecule has 0 radical (unpaired) electrons. The molecule has 1 N–H and O–H groups in total. The van der Waals surface area contributed by atoms with Gasteiger partial charge in [0.1, 0.15) is 5.01 Å². The van der Waals surface area contributed by atoms with Crippen LogP contribution in [0.15, 0.2) is 29.7 Å². The summed E-state index contributed by atoms with van der Waals surface area (Å²) in [4.78, 5) is 16.3. The first kappa shape index (κ1) is 17.5. The predicted octanol–water partition coefficient (Wildman–Crippen LogP) is 2.41. The second-order valence-electron chi connectivity index (χ2n) is 5.20. The van der Waals surface area contributed by atoms with Gasteiger partial charge in [0.2, 0.25) is 11.0 Å². The van der Waals surface area contributed by atoms with Crippen molar-refractivity contribution in [3.05, 3.63) is 29.5 Å². The van der Waals surface area contributed by atoms with E-state index < -0.39 is 0 Å². The van der Waals surface area contributed by atoms with Crippen LogP contribution in [0.3, 0.4) is 0 Å². The van der Waals surface area contributed by atoms with E-state index in [0.717, 1.165) is 22.8 Å². The maximum absolute atomic E-state index is 12.3. The molecule has 0 bridgehead atoms. The highest BCUT2D eigenvalue weighted by Gasteiger charge is 2.20. The summed E-state index contributed by atoms with van der Waals surface area (Å²) in [5.41, 5.74) is 0.926. The molecule has 0 saturated heterocycles. The first-order chi connectivity index (χ1) is 12.1. The average molecular weight is 375 g/mol. The van der Waals surface area contributed by atoms with Crippen molar-refractivity contribution >= 4 is 34.1 Å². The van der Waals surface area contributed by atoms with Crippen molar-refractivity contribution in [3.63, 3.8) is 0 Å². The lowest BCUT2D eigenvalue weighted by atomic mass is 10.2. The Kier molecular flexibility index (Phi) is 5.39. The minimum atomic E-state index is -0.345. The number of aryl methyl sites for hydroxylation is 1. The van der Waals surface area contributed by atoms with E-state index >= 15 is 0 Å². The number of nitrogens with zero attached hydrogens (tertiary/aromatic N) is 6. The molecule has 1 atom stereocenters. The van der Waals surface area contributed by atoms with E-state index in [9.17, 15) is 4.79 Å². The van der Waals surface area contributed by atoms with Gasteiger partial charge in [0.15, 0.2) is 11.0 Å². The SMILES string of the molecule is CCc1nnc(NC(=O)[C@H](C)Sc2nnc(-c3ccncc3)n2C)s1. The number of anilines is 1. The summed E-state index contributed by atoms with van der Waals surface area (Å²) in [6.07, 6.45) is 4.22. The number of pyridine rings is 1. The minimum absolute atomic E-state index is 0.141. The Morgan fingerprint density at radius 3 is 2.72 bits per heavy atom. The van der Waals surface area contributed by atoms with Crippen molar-refractivity contribution in [1.29, 1.82) is 0 Å². The van der Waals surface area contributed by atoms with Crippen LogP contribution in [0.5, 0.6) is 0 Å².